The molecule has 0 unspecified atom stereocenters. The van der Waals surface area contributed by atoms with Crippen molar-refractivity contribution in [2.75, 3.05) is 13.2 Å². The molecule has 1 fully saturated rings. The van der Waals surface area contributed by atoms with E-state index in [0.29, 0.717) is 6.61 Å². The van der Waals surface area contributed by atoms with E-state index in [1.165, 1.54) is 0 Å². The molecule has 6 heteroatoms. The average molecular weight is 381 g/mol. The molecule has 146 valence electrons. The molecule has 1 aliphatic carbocycles. The van der Waals surface area contributed by atoms with E-state index in [0.717, 1.165) is 35.1 Å². The maximum absolute atomic E-state index is 12.3. The van der Waals surface area contributed by atoms with Gasteiger partial charge in [-0.05, 0) is 35.1 Å². The second-order valence-corrected chi connectivity index (χ2v) is 7.23. The molecule has 0 bridgehead atoms. The van der Waals surface area contributed by atoms with Crippen molar-refractivity contribution in [1.82, 2.24) is 5.32 Å². The minimum Gasteiger partial charge on any atom is -0.480 e. The van der Waals surface area contributed by atoms with Crippen LogP contribution in [0.15, 0.2) is 48.5 Å². The lowest BCUT2D eigenvalue weighted by Gasteiger charge is -2.19. The fourth-order valence-corrected chi connectivity index (χ4v) is 4.10. The van der Waals surface area contributed by atoms with Crippen molar-refractivity contribution in [3.63, 3.8) is 0 Å². The number of hydrogen-bond acceptors (Lipinski definition) is 4. The first-order chi connectivity index (χ1) is 13.6. The number of hydrogen-bond donors (Lipinski definition) is 2. The van der Waals surface area contributed by atoms with Gasteiger partial charge in [-0.15, -0.1) is 0 Å². The molecule has 28 heavy (non-hydrogen) atoms. The van der Waals surface area contributed by atoms with Crippen molar-refractivity contribution in [2.24, 2.45) is 0 Å². The summed E-state index contributed by atoms with van der Waals surface area (Å²) in [5.41, 5.74) is 4.53. The van der Waals surface area contributed by atoms with Crippen LogP contribution in [-0.4, -0.2) is 42.5 Å². The highest BCUT2D eigenvalue weighted by Gasteiger charge is 2.30. The third-order valence-electron chi connectivity index (χ3n) is 5.46. The highest BCUT2D eigenvalue weighted by atomic mass is 16.5. The summed E-state index contributed by atoms with van der Waals surface area (Å²) < 4.78 is 10.9. The molecule has 1 saturated heterocycles. The van der Waals surface area contributed by atoms with Crippen molar-refractivity contribution >= 4 is 12.1 Å². The maximum Gasteiger partial charge on any atom is 0.407 e. The van der Waals surface area contributed by atoms with Crippen LogP contribution in [0.1, 0.15) is 36.3 Å². The number of aliphatic carboxylic acids is 1. The number of carboxylic acid groups (broad SMARTS) is 1. The van der Waals surface area contributed by atoms with Gasteiger partial charge in [-0.1, -0.05) is 48.5 Å². The average Bonchev–Trinajstić information content (AvgIpc) is 3.32. The quantitative estimate of drug-likeness (QED) is 0.799. The molecule has 1 amide bonds. The van der Waals surface area contributed by atoms with Gasteiger partial charge in [-0.2, -0.15) is 0 Å². The summed E-state index contributed by atoms with van der Waals surface area (Å²) in [5, 5.41) is 11.9. The van der Waals surface area contributed by atoms with E-state index in [1.54, 1.807) is 0 Å². The first-order valence-corrected chi connectivity index (χ1v) is 9.59. The van der Waals surface area contributed by atoms with Gasteiger partial charge in [0.2, 0.25) is 0 Å². The Kier molecular flexibility index (Phi) is 5.30. The molecule has 1 aliphatic heterocycles. The van der Waals surface area contributed by atoms with E-state index >= 15 is 0 Å². The molecule has 2 aromatic carbocycles. The van der Waals surface area contributed by atoms with Crippen LogP contribution in [-0.2, 0) is 14.3 Å². The number of alkyl carbamates (subject to hydrolysis) is 1. The van der Waals surface area contributed by atoms with E-state index in [4.69, 9.17) is 9.47 Å². The summed E-state index contributed by atoms with van der Waals surface area (Å²) >= 11 is 0. The van der Waals surface area contributed by atoms with Crippen molar-refractivity contribution in [2.45, 2.75) is 37.3 Å². The van der Waals surface area contributed by atoms with Crippen LogP contribution in [0.25, 0.3) is 11.1 Å². The Morgan fingerprint density at radius 1 is 1.11 bits per heavy atom. The van der Waals surface area contributed by atoms with E-state index in [1.807, 2.05) is 36.4 Å². The van der Waals surface area contributed by atoms with Crippen LogP contribution in [0.4, 0.5) is 4.79 Å². The zero-order chi connectivity index (χ0) is 19.5. The molecular weight excluding hydrogens is 358 g/mol. The zero-order valence-corrected chi connectivity index (χ0v) is 15.5. The monoisotopic (exact) mass is 381 g/mol. The van der Waals surface area contributed by atoms with Crippen LogP contribution in [0.3, 0.4) is 0 Å². The molecule has 2 aliphatic rings. The van der Waals surface area contributed by atoms with Gasteiger partial charge in [0.15, 0.2) is 0 Å². The first-order valence-electron chi connectivity index (χ1n) is 9.59. The number of carbonyl (C=O) groups is 2. The molecule has 6 nitrogen and oxygen atoms in total. The molecular formula is C22H23NO5. The summed E-state index contributed by atoms with van der Waals surface area (Å²) in [4.78, 5) is 23.8. The second-order valence-electron chi connectivity index (χ2n) is 7.23. The lowest BCUT2D eigenvalue weighted by molar-refractivity contribution is -0.140. The number of carboxylic acids is 1. The van der Waals surface area contributed by atoms with Gasteiger partial charge in [-0.3, -0.25) is 0 Å². The normalized spacial score (nSPS) is 18.9. The molecule has 2 aromatic rings. The van der Waals surface area contributed by atoms with E-state index in [2.05, 4.69) is 17.4 Å². The SMILES string of the molecule is O=C(N[C@@H](C[C@@H]1CCCO1)C(=O)O)OCC1c2ccccc2-c2ccccc21. The third kappa shape index (κ3) is 3.73. The molecule has 4 rings (SSSR count). The predicted molar refractivity (Wildman–Crippen MR) is 103 cm³/mol. The summed E-state index contributed by atoms with van der Waals surface area (Å²) in [6, 6.07) is 15.1. The molecule has 0 aromatic heterocycles. The number of amides is 1. The minimum absolute atomic E-state index is 0.0559. The Balaban J connectivity index is 1.41. The van der Waals surface area contributed by atoms with Crippen LogP contribution in [0.2, 0.25) is 0 Å². The number of carbonyl (C=O) groups excluding carboxylic acids is 1. The van der Waals surface area contributed by atoms with Crippen LogP contribution < -0.4 is 5.32 Å². The van der Waals surface area contributed by atoms with Gasteiger partial charge >= 0.3 is 12.1 Å². The number of nitrogens with one attached hydrogen (secondary N) is 1. The van der Waals surface area contributed by atoms with Crippen LogP contribution in [0, 0.1) is 0 Å². The van der Waals surface area contributed by atoms with Crippen molar-refractivity contribution < 1.29 is 24.2 Å². The van der Waals surface area contributed by atoms with Crippen LogP contribution >= 0.6 is 0 Å². The predicted octanol–water partition coefficient (Wildman–Crippen LogP) is 3.55. The molecule has 0 saturated carbocycles. The Morgan fingerprint density at radius 2 is 1.75 bits per heavy atom. The Morgan fingerprint density at radius 3 is 2.32 bits per heavy atom. The standard InChI is InChI=1S/C22H23NO5/c24-21(25)20(12-14-6-5-11-27-14)23-22(26)28-13-19-17-9-3-1-7-15(17)16-8-2-4-10-18(16)19/h1-4,7-10,14,19-20H,5-6,11-13H2,(H,23,26)(H,24,25)/t14-,20-/m0/s1. The number of ether oxygens (including phenoxy) is 2. The van der Waals surface area contributed by atoms with E-state index in [9.17, 15) is 14.7 Å². The molecule has 0 spiro atoms. The van der Waals surface area contributed by atoms with Crippen LogP contribution in [0.5, 0.6) is 0 Å². The van der Waals surface area contributed by atoms with Gasteiger partial charge in [0.1, 0.15) is 12.6 Å². The van der Waals surface area contributed by atoms with Gasteiger partial charge in [0, 0.05) is 18.9 Å². The highest BCUT2D eigenvalue weighted by Crippen LogP contribution is 2.44. The lowest BCUT2D eigenvalue weighted by Crippen LogP contribution is -2.43. The summed E-state index contributed by atoms with van der Waals surface area (Å²) in [5.74, 6) is -1.14. The summed E-state index contributed by atoms with van der Waals surface area (Å²) in [6.07, 6.45) is 1.14. The van der Waals surface area contributed by atoms with Crippen molar-refractivity contribution in [3.05, 3.63) is 59.7 Å². The second kappa shape index (κ2) is 8.02. The van der Waals surface area contributed by atoms with E-state index in [-0.39, 0.29) is 25.0 Å². The fourth-order valence-electron chi connectivity index (χ4n) is 4.10. The molecule has 1 heterocycles. The first kappa shape index (κ1) is 18.5. The topological polar surface area (TPSA) is 84.9 Å². The summed E-state index contributed by atoms with van der Waals surface area (Å²) in [7, 11) is 0. The van der Waals surface area contributed by atoms with Crippen molar-refractivity contribution in [3.8, 4) is 11.1 Å². The van der Waals surface area contributed by atoms with Gasteiger partial charge in [0.05, 0.1) is 6.10 Å². The van der Waals surface area contributed by atoms with Gasteiger partial charge in [-0.25, -0.2) is 9.59 Å². The Bertz CT molecular complexity index is 829. The molecule has 0 radical (unpaired) electrons. The van der Waals surface area contributed by atoms with E-state index < -0.39 is 18.1 Å². The largest absolute Gasteiger partial charge is 0.480 e. The molecule has 2 N–H and O–H groups in total. The highest BCUT2D eigenvalue weighted by molar-refractivity contribution is 5.81. The Hall–Kier alpha value is -2.86. The minimum atomic E-state index is -1.08. The number of rotatable bonds is 6. The smallest absolute Gasteiger partial charge is 0.407 e. The fraction of sp³-hybridized carbons (Fsp3) is 0.364. The third-order valence-corrected chi connectivity index (χ3v) is 5.46. The zero-order valence-electron chi connectivity index (χ0n) is 15.5. The lowest BCUT2D eigenvalue weighted by atomic mass is 9.98. The van der Waals surface area contributed by atoms with Gasteiger partial charge < -0.3 is 19.9 Å². The Labute approximate surface area is 163 Å². The van der Waals surface area contributed by atoms with Gasteiger partial charge in [0.25, 0.3) is 0 Å². The number of fused-ring (bicyclic) bond motifs is 3. The number of benzene rings is 2. The maximum atomic E-state index is 12.3. The summed E-state index contributed by atoms with van der Waals surface area (Å²) in [6.45, 7) is 0.800. The van der Waals surface area contributed by atoms with Crippen molar-refractivity contribution in [1.29, 1.82) is 0 Å². The molecule has 2 atom stereocenters.